The Hall–Kier alpha value is -3.30. The summed E-state index contributed by atoms with van der Waals surface area (Å²) in [5.41, 5.74) is 10.9. The van der Waals surface area contributed by atoms with Gasteiger partial charge in [0, 0.05) is 37.3 Å². The highest BCUT2D eigenvalue weighted by Gasteiger charge is 2.47. The maximum atomic E-state index is 14.0. The highest BCUT2D eigenvalue weighted by molar-refractivity contribution is 6.39. The van der Waals surface area contributed by atoms with Gasteiger partial charge in [-0.1, -0.05) is 37.3 Å². The molecule has 4 atom stereocenters. The number of likely N-dealkylation sites (tertiary alicyclic amines) is 1. The largest absolute Gasteiger partial charge is 0.384 e. The van der Waals surface area contributed by atoms with Crippen molar-refractivity contribution in [3.8, 4) is 0 Å². The van der Waals surface area contributed by atoms with Crippen LogP contribution in [0.1, 0.15) is 103 Å². The van der Waals surface area contributed by atoms with Crippen LogP contribution in [0.4, 0.5) is 4.79 Å². The lowest BCUT2D eigenvalue weighted by Crippen LogP contribution is -2.54. The van der Waals surface area contributed by atoms with Crippen molar-refractivity contribution < 1.29 is 29.1 Å². The number of primary amides is 1. The molecule has 0 bridgehead atoms. The predicted molar refractivity (Wildman–Crippen MR) is 168 cm³/mol. The van der Waals surface area contributed by atoms with E-state index in [9.17, 15) is 29.1 Å². The van der Waals surface area contributed by atoms with Gasteiger partial charge in [0.05, 0.1) is 24.0 Å². The second kappa shape index (κ2) is 15.5. The normalized spacial score (nSPS) is 21.8. The molecule has 7 N–H and O–H groups in total. The summed E-state index contributed by atoms with van der Waals surface area (Å²) in [4.78, 5) is 66.0. The predicted octanol–water partition coefficient (Wildman–Crippen LogP) is 0.983. The molecule has 3 fully saturated rings. The number of nitrogens with zero attached hydrogens (tertiary/aromatic N) is 5. The van der Waals surface area contributed by atoms with Crippen LogP contribution in [0.3, 0.4) is 0 Å². The van der Waals surface area contributed by atoms with Crippen molar-refractivity contribution >= 4 is 41.3 Å². The van der Waals surface area contributed by atoms with E-state index in [4.69, 9.17) is 23.2 Å². The molecule has 1 saturated heterocycles. The molecule has 0 radical (unpaired) electrons. The summed E-state index contributed by atoms with van der Waals surface area (Å²) < 4.78 is 2.18. The van der Waals surface area contributed by atoms with Gasteiger partial charge in [-0.2, -0.15) is 0 Å². The number of amides is 5. The Kier molecular flexibility index (Phi) is 12.0. The first-order valence-corrected chi connectivity index (χ1v) is 16.7. The van der Waals surface area contributed by atoms with Crippen LogP contribution < -0.4 is 22.1 Å². The molecule has 5 amide bonds. The molecule has 4 rings (SSSR count). The molecular formula is C30H48ClN9O6. The van der Waals surface area contributed by atoms with Crippen LogP contribution in [0.2, 0.25) is 0 Å². The summed E-state index contributed by atoms with van der Waals surface area (Å²) in [6.45, 7) is 3.53. The summed E-state index contributed by atoms with van der Waals surface area (Å²) in [5, 5.41) is 24.3. The number of carbonyl (C=O) groups excluding carboxylic acids is 5. The number of rotatable bonds is 15. The molecular weight excluding hydrogens is 618 g/mol. The van der Waals surface area contributed by atoms with Gasteiger partial charge in [-0.15, -0.1) is 5.10 Å². The Labute approximate surface area is 274 Å². The summed E-state index contributed by atoms with van der Waals surface area (Å²) >= 11 is 6.56. The van der Waals surface area contributed by atoms with Crippen LogP contribution in [0.5, 0.6) is 0 Å². The third-order valence-corrected chi connectivity index (χ3v) is 9.56. The Balaban J connectivity index is 1.49. The number of hydrogen-bond acceptors (Lipinski definition) is 9. The molecule has 2 heterocycles. The fourth-order valence-corrected chi connectivity index (χ4v) is 6.75. The quantitative estimate of drug-likeness (QED) is 0.102. The van der Waals surface area contributed by atoms with Crippen molar-refractivity contribution in [2.75, 3.05) is 13.1 Å². The topological polar surface area (TPSA) is 219 Å². The molecule has 3 aliphatic rings. The van der Waals surface area contributed by atoms with Crippen LogP contribution in [0, 0.1) is 5.92 Å². The van der Waals surface area contributed by atoms with Gasteiger partial charge >= 0.3 is 6.03 Å². The van der Waals surface area contributed by atoms with E-state index in [0.717, 1.165) is 44.9 Å². The van der Waals surface area contributed by atoms with Gasteiger partial charge in [-0.3, -0.25) is 19.2 Å². The average molecular weight is 666 g/mol. The Bertz CT molecular complexity index is 1260. The average Bonchev–Trinajstić information content (AvgIpc) is 3.48. The minimum atomic E-state index is -1.38. The lowest BCUT2D eigenvalue weighted by Gasteiger charge is -2.32. The van der Waals surface area contributed by atoms with Gasteiger partial charge in [0.25, 0.3) is 11.8 Å². The van der Waals surface area contributed by atoms with Crippen molar-refractivity contribution in [3.05, 3.63) is 11.9 Å². The van der Waals surface area contributed by atoms with E-state index in [-0.39, 0.29) is 31.5 Å². The highest BCUT2D eigenvalue weighted by Crippen LogP contribution is 2.34. The minimum absolute atomic E-state index is 0.0140. The number of carbonyl (C=O) groups is 5. The molecule has 0 spiro atoms. The zero-order chi connectivity index (χ0) is 33.6. The maximum absolute atomic E-state index is 14.0. The molecule has 16 heteroatoms. The smallest absolute Gasteiger partial charge is 0.315 e. The SMILES string of the molecule is CC(C)(O)c1cnnn1[C@H]1C[C@@H](C(=O)N(Cl)C(CCCCNC(=O)NC2CC2)C(=O)C(N)=O)N(C(=O)[C@H](N)CC2CCCCC2)C1. The van der Waals surface area contributed by atoms with Crippen molar-refractivity contribution in [1.29, 1.82) is 0 Å². The first-order chi connectivity index (χ1) is 21.8. The standard InChI is InChI=1S/C30H48ClN9O6/c1-30(2,46)24-16-35-37-40(24)20-15-23(38(17-20)27(43)21(32)14-18-8-4-3-5-9-18)28(44)39(31)22(25(41)26(33)42)10-6-7-13-34-29(45)36-19-11-12-19/h16,18-23,46H,3-15,17,32H2,1-2H3,(H2,33,42)(H2,34,36,45)/t20-,21+,22?,23-/m0/s1. The van der Waals surface area contributed by atoms with E-state index in [1.54, 1.807) is 13.8 Å². The minimum Gasteiger partial charge on any atom is -0.384 e. The maximum Gasteiger partial charge on any atom is 0.315 e. The summed E-state index contributed by atoms with van der Waals surface area (Å²) in [5.74, 6) is -3.14. The van der Waals surface area contributed by atoms with Crippen molar-refractivity contribution in [3.63, 3.8) is 0 Å². The molecule has 46 heavy (non-hydrogen) atoms. The van der Waals surface area contributed by atoms with Crippen LogP contribution in [-0.4, -0.2) is 96.2 Å². The van der Waals surface area contributed by atoms with Crippen molar-refractivity contribution in [2.45, 2.75) is 127 Å². The number of aliphatic hydroxyl groups is 1. The van der Waals surface area contributed by atoms with Gasteiger partial charge < -0.3 is 32.1 Å². The van der Waals surface area contributed by atoms with Gasteiger partial charge in [0.2, 0.25) is 11.7 Å². The molecule has 2 saturated carbocycles. The Morgan fingerprint density at radius 2 is 1.83 bits per heavy atom. The third kappa shape index (κ3) is 9.16. The second-order valence-corrected chi connectivity index (χ2v) is 13.8. The van der Waals surface area contributed by atoms with Gasteiger partial charge in [0.1, 0.15) is 17.7 Å². The number of Topliss-reactive ketones (excluding diaryl/α,β-unsaturated/α-hetero) is 1. The summed E-state index contributed by atoms with van der Waals surface area (Å²) in [6.07, 6.45) is 10.0. The summed E-state index contributed by atoms with van der Waals surface area (Å²) in [7, 11) is 0. The first-order valence-electron chi connectivity index (χ1n) is 16.3. The fraction of sp³-hybridized carbons (Fsp3) is 0.767. The van der Waals surface area contributed by atoms with Crippen molar-refractivity contribution in [1.82, 2.24) is 34.9 Å². The van der Waals surface area contributed by atoms with Gasteiger partial charge in [0.15, 0.2) is 0 Å². The lowest BCUT2D eigenvalue weighted by atomic mass is 9.84. The Morgan fingerprint density at radius 1 is 1.13 bits per heavy atom. The molecule has 256 valence electrons. The number of hydrogen-bond donors (Lipinski definition) is 5. The molecule has 0 aromatic carbocycles. The lowest BCUT2D eigenvalue weighted by molar-refractivity contribution is -0.146. The van der Waals surface area contributed by atoms with Crippen molar-refractivity contribution in [2.24, 2.45) is 17.4 Å². The molecule has 1 unspecified atom stereocenters. The number of aromatic nitrogens is 3. The number of nitrogens with two attached hydrogens (primary N) is 2. The first kappa shape index (κ1) is 35.6. The van der Waals surface area contributed by atoms with Gasteiger partial charge in [-0.25, -0.2) is 13.9 Å². The Morgan fingerprint density at radius 3 is 2.46 bits per heavy atom. The summed E-state index contributed by atoms with van der Waals surface area (Å²) in [6, 6.07) is -3.96. The van der Waals surface area contributed by atoms with E-state index in [1.165, 1.54) is 15.8 Å². The van der Waals surface area contributed by atoms with E-state index < -0.39 is 53.3 Å². The second-order valence-electron chi connectivity index (χ2n) is 13.4. The molecule has 2 aliphatic carbocycles. The van der Waals surface area contributed by atoms with E-state index >= 15 is 0 Å². The van der Waals surface area contributed by atoms with Crippen LogP contribution >= 0.6 is 11.8 Å². The number of halogens is 1. The zero-order valence-corrected chi connectivity index (χ0v) is 27.5. The molecule has 15 nitrogen and oxygen atoms in total. The number of ketones is 1. The molecule has 1 aromatic rings. The third-order valence-electron chi connectivity index (χ3n) is 9.16. The molecule has 1 aliphatic heterocycles. The van der Waals surface area contributed by atoms with Crippen LogP contribution in [0.15, 0.2) is 6.20 Å². The number of nitrogens with one attached hydrogen (secondary N) is 2. The van der Waals surface area contributed by atoms with Crippen LogP contribution in [-0.2, 0) is 24.8 Å². The highest BCUT2D eigenvalue weighted by atomic mass is 35.5. The van der Waals surface area contributed by atoms with E-state index in [1.807, 2.05) is 0 Å². The van der Waals surface area contributed by atoms with E-state index in [0.29, 0.717) is 41.8 Å². The van der Waals surface area contributed by atoms with E-state index in [2.05, 4.69) is 20.9 Å². The monoisotopic (exact) mass is 665 g/mol. The fourth-order valence-electron chi connectivity index (χ4n) is 6.45. The number of urea groups is 1. The zero-order valence-electron chi connectivity index (χ0n) is 26.7. The molecule has 1 aromatic heterocycles. The van der Waals surface area contributed by atoms with Gasteiger partial charge in [-0.05, 0) is 58.3 Å². The van der Waals surface area contributed by atoms with Crippen LogP contribution in [0.25, 0.3) is 0 Å². The number of unbranched alkanes of at least 4 members (excludes halogenated alkanes) is 1.